The Kier molecular flexibility index (Phi) is 5.39. The summed E-state index contributed by atoms with van der Waals surface area (Å²) in [6.45, 7) is 14.2. The summed E-state index contributed by atoms with van der Waals surface area (Å²) in [5.41, 5.74) is -0.0506. The molecule has 1 aromatic heterocycles. The zero-order chi connectivity index (χ0) is 14.6. The van der Waals surface area contributed by atoms with Gasteiger partial charge in [-0.15, -0.1) is 6.58 Å². The van der Waals surface area contributed by atoms with Gasteiger partial charge in [0.1, 0.15) is 17.1 Å². The molecule has 0 saturated heterocycles. The van der Waals surface area contributed by atoms with E-state index in [1.54, 1.807) is 0 Å². The molecule has 0 bridgehead atoms. The summed E-state index contributed by atoms with van der Waals surface area (Å²) in [5.74, 6) is 2.12. The molecule has 19 heavy (non-hydrogen) atoms. The van der Waals surface area contributed by atoms with E-state index in [-0.39, 0.29) is 0 Å². The molecule has 0 fully saturated rings. The Hall–Kier alpha value is -1.06. The highest BCUT2D eigenvalue weighted by molar-refractivity contribution is 5.26. The van der Waals surface area contributed by atoms with Crippen LogP contribution < -0.4 is 5.32 Å². The monoisotopic (exact) mass is 265 g/mol. The zero-order valence-electron chi connectivity index (χ0n) is 12.8. The minimum Gasteiger partial charge on any atom is -0.466 e. The van der Waals surface area contributed by atoms with E-state index >= 15 is 0 Å². The van der Waals surface area contributed by atoms with Crippen LogP contribution in [-0.2, 0) is 5.60 Å². The van der Waals surface area contributed by atoms with Crippen molar-refractivity contribution in [2.75, 3.05) is 6.54 Å². The van der Waals surface area contributed by atoms with E-state index in [0.29, 0.717) is 18.5 Å². The van der Waals surface area contributed by atoms with Gasteiger partial charge in [-0.05, 0) is 46.1 Å². The molecule has 3 nitrogen and oxygen atoms in total. The average molecular weight is 265 g/mol. The van der Waals surface area contributed by atoms with E-state index in [2.05, 4.69) is 25.7 Å². The largest absolute Gasteiger partial charge is 0.466 e. The summed E-state index contributed by atoms with van der Waals surface area (Å²) in [4.78, 5) is 0. The maximum absolute atomic E-state index is 10.6. The quantitative estimate of drug-likeness (QED) is 0.744. The molecule has 0 radical (unpaired) electrons. The number of nitrogens with one attached hydrogen (secondary N) is 1. The van der Waals surface area contributed by atoms with Gasteiger partial charge in [-0.2, -0.15) is 0 Å². The van der Waals surface area contributed by atoms with Crippen LogP contribution >= 0.6 is 0 Å². The van der Waals surface area contributed by atoms with Gasteiger partial charge in [0.25, 0.3) is 0 Å². The van der Waals surface area contributed by atoms with E-state index in [4.69, 9.17) is 4.42 Å². The van der Waals surface area contributed by atoms with Crippen molar-refractivity contribution in [3.8, 4) is 0 Å². The van der Waals surface area contributed by atoms with Gasteiger partial charge in [0.2, 0.25) is 0 Å². The molecule has 1 heterocycles. The maximum atomic E-state index is 10.6. The van der Waals surface area contributed by atoms with Crippen LogP contribution in [-0.4, -0.2) is 17.7 Å². The van der Waals surface area contributed by atoms with E-state index in [9.17, 15) is 5.11 Å². The molecular weight excluding hydrogens is 238 g/mol. The Morgan fingerprint density at radius 1 is 1.47 bits per heavy atom. The summed E-state index contributed by atoms with van der Waals surface area (Å²) in [7, 11) is 0. The minimum atomic E-state index is -0.913. The molecule has 1 aromatic rings. The molecule has 0 saturated carbocycles. The van der Waals surface area contributed by atoms with Crippen LogP contribution in [0.4, 0.5) is 0 Å². The first-order valence-corrected chi connectivity index (χ1v) is 6.92. The first-order valence-electron chi connectivity index (χ1n) is 6.92. The van der Waals surface area contributed by atoms with Gasteiger partial charge in [-0.3, -0.25) is 0 Å². The van der Waals surface area contributed by atoms with Gasteiger partial charge < -0.3 is 14.8 Å². The predicted molar refractivity (Wildman–Crippen MR) is 79.2 cm³/mol. The lowest BCUT2D eigenvalue weighted by Crippen LogP contribution is -2.42. The first-order chi connectivity index (χ1) is 8.77. The predicted octanol–water partition coefficient (Wildman–Crippen LogP) is 3.29. The molecule has 108 valence electrons. The fraction of sp³-hybridized carbons (Fsp3) is 0.625. The van der Waals surface area contributed by atoms with Crippen molar-refractivity contribution in [1.82, 2.24) is 5.32 Å². The van der Waals surface area contributed by atoms with Crippen LogP contribution in [0.15, 0.2) is 23.1 Å². The molecule has 2 N–H and O–H groups in total. The molecule has 3 atom stereocenters. The van der Waals surface area contributed by atoms with Crippen LogP contribution in [0.2, 0.25) is 0 Å². The molecule has 0 aliphatic carbocycles. The number of allylic oxidation sites excluding steroid dienone is 1. The van der Waals surface area contributed by atoms with Crippen LogP contribution in [0.25, 0.3) is 0 Å². The van der Waals surface area contributed by atoms with Crippen LogP contribution in [0, 0.1) is 19.8 Å². The van der Waals surface area contributed by atoms with E-state index in [1.165, 1.54) is 0 Å². The molecule has 0 amide bonds. The Morgan fingerprint density at radius 2 is 2.11 bits per heavy atom. The third-order valence-corrected chi connectivity index (χ3v) is 3.78. The van der Waals surface area contributed by atoms with Crippen molar-refractivity contribution in [3.63, 3.8) is 0 Å². The number of aryl methyl sites for hydroxylation is 2. The van der Waals surface area contributed by atoms with Crippen molar-refractivity contribution in [2.24, 2.45) is 5.92 Å². The van der Waals surface area contributed by atoms with Crippen molar-refractivity contribution in [2.45, 2.75) is 52.7 Å². The van der Waals surface area contributed by atoms with E-state index < -0.39 is 5.60 Å². The zero-order valence-corrected chi connectivity index (χ0v) is 12.8. The van der Waals surface area contributed by atoms with Crippen molar-refractivity contribution >= 4 is 0 Å². The van der Waals surface area contributed by atoms with Crippen LogP contribution in [0.1, 0.15) is 44.3 Å². The Balaban J connectivity index is 2.65. The van der Waals surface area contributed by atoms with Gasteiger partial charge in [0.05, 0.1) is 0 Å². The van der Waals surface area contributed by atoms with Crippen molar-refractivity contribution < 1.29 is 9.52 Å². The smallest absolute Gasteiger partial charge is 0.107 e. The Morgan fingerprint density at radius 3 is 2.58 bits per heavy atom. The molecule has 1 rings (SSSR count). The number of hydrogen-bond acceptors (Lipinski definition) is 3. The second-order valence-electron chi connectivity index (χ2n) is 5.77. The normalized spacial score (nSPS) is 17.8. The maximum Gasteiger partial charge on any atom is 0.107 e. The fourth-order valence-corrected chi connectivity index (χ4v) is 2.29. The summed E-state index contributed by atoms with van der Waals surface area (Å²) in [5, 5.41) is 14.0. The summed E-state index contributed by atoms with van der Waals surface area (Å²) >= 11 is 0. The topological polar surface area (TPSA) is 45.4 Å². The standard InChI is InChI=1S/C16H27NO2/c1-7-8-11(2)13(4)17-10-16(6,18)15-9-12(3)19-14(15)5/h7,9,11,13,17-18H,1,8,10H2,2-6H3. The Labute approximate surface area is 116 Å². The highest BCUT2D eigenvalue weighted by Gasteiger charge is 2.28. The van der Waals surface area contributed by atoms with Crippen LogP contribution in [0.5, 0.6) is 0 Å². The highest BCUT2D eigenvalue weighted by atomic mass is 16.3. The number of rotatable bonds is 7. The Bertz CT molecular complexity index is 420. The van der Waals surface area contributed by atoms with Crippen LogP contribution in [0.3, 0.4) is 0 Å². The van der Waals surface area contributed by atoms with Gasteiger partial charge in [-0.1, -0.05) is 13.0 Å². The van der Waals surface area contributed by atoms with Gasteiger partial charge in [0, 0.05) is 18.2 Å². The lowest BCUT2D eigenvalue weighted by Gasteiger charge is -2.28. The molecule has 3 heteroatoms. The van der Waals surface area contributed by atoms with Gasteiger partial charge in [0.15, 0.2) is 0 Å². The highest BCUT2D eigenvalue weighted by Crippen LogP contribution is 2.26. The molecule has 0 aliphatic heterocycles. The average Bonchev–Trinajstić information content (AvgIpc) is 2.66. The van der Waals surface area contributed by atoms with Gasteiger partial charge >= 0.3 is 0 Å². The minimum absolute atomic E-state index is 0.331. The summed E-state index contributed by atoms with van der Waals surface area (Å²) in [6.07, 6.45) is 2.91. The number of hydrogen-bond donors (Lipinski definition) is 2. The fourth-order valence-electron chi connectivity index (χ4n) is 2.29. The lowest BCUT2D eigenvalue weighted by molar-refractivity contribution is 0.0510. The van der Waals surface area contributed by atoms with Gasteiger partial charge in [-0.25, -0.2) is 0 Å². The SMILES string of the molecule is C=CCC(C)C(C)NCC(C)(O)c1cc(C)oc1C. The van der Waals surface area contributed by atoms with Crippen molar-refractivity contribution in [1.29, 1.82) is 0 Å². The second-order valence-corrected chi connectivity index (χ2v) is 5.77. The summed E-state index contributed by atoms with van der Waals surface area (Å²) < 4.78 is 5.49. The first kappa shape index (κ1) is 16.0. The molecule has 0 aromatic carbocycles. The molecular formula is C16H27NO2. The number of aliphatic hydroxyl groups is 1. The molecule has 0 aliphatic rings. The number of furan rings is 1. The van der Waals surface area contributed by atoms with Crippen molar-refractivity contribution in [3.05, 3.63) is 35.8 Å². The van der Waals surface area contributed by atoms with E-state index in [1.807, 2.05) is 32.9 Å². The third kappa shape index (κ3) is 4.22. The molecule has 3 unspecified atom stereocenters. The molecule has 0 spiro atoms. The third-order valence-electron chi connectivity index (χ3n) is 3.78. The second kappa shape index (κ2) is 6.40. The lowest BCUT2D eigenvalue weighted by atomic mass is 9.94. The van der Waals surface area contributed by atoms with E-state index in [0.717, 1.165) is 23.5 Å². The summed E-state index contributed by atoms with van der Waals surface area (Å²) in [6, 6.07) is 2.24.